The number of nitrogens with zero attached hydrogens (tertiary/aromatic N) is 5. The lowest BCUT2D eigenvalue weighted by molar-refractivity contribution is 0.0730. The molecule has 0 radical (unpaired) electrons. The van der Waals surface area contributed by atoms with Crippen molar-refractivity contribution in [2.45, 2.75) is 36.9 Å². The van der Waals surface area contributed by atoms with E-state index in [0.29, 0.717) is 11.4 Å². The normalized spacial score (nSPS) is 20.2. The van der Waals surface area contributed by atoms with Crippen molar-refractivity contribution in [2.75, 3.05) is 18.8 Å². The quantitative estimate of drug-likeness (QED) is 0.838. The zero-order valence-corrected chi connectivity index (χ0v) is 14.4. The monoisotopic (exact) mass is 343 g/mol. The summed E-state index contributed by atoms with van der Waals surface area (Å²) >= 11 is 2.08. The Morgan fingerprint density at radius 3 is 2.92 bits per heavy atom. The molecule has 0 N–H and O–H groups in total. The molecule has 0 aromatic carbocycles. The van der Waals surface area contributed by atoms with Crippen molar-refractivity contribution in [1.82, 2.24) is 24.6 Å². The van der Waals surface area contributed by atoms with Gasteiger partial charge in [0.15, 0.2) is 5.82 Å². The Hall–Kier alpha value is -1.89. The Morgan fingerprint density at radius 1 is 1.25 bits per heavy atom. The van der Waals surface area contributed by atoms with Crippen LogP contribution in [-0.4, -0.2) is 54.1 Å². The maximum Gasteiger partial charge on any atom is 0.254 e. The molecule has 126 valence electrons. The van der Waals surface area contributed by atoms with Crippen LogP contribution in [0.25, 0.3) is 5.82 Å². The zero-order valence-electron chi connectivity index (χ0n) is 13.6. The number of hydrogen-bond donors (Lipinski definition) is 0. The number of thioether (sulfide) groups is 1. The Bertz CT molecular complexity index is 706. The third kappa shape index (κ3) is 3.05. The Morgan fingerprint density at radius 2 is 2.12 bits per heavy atom. The lowest BCUT2D eigenvalue weighted by Crippen LogP contribution is -2.49. The van der Waals surface area contributed by atoms with E-state index in [9.17, 15) is 4.79 Å². The van der Waals surface area contributed by atoms with Gasteiger partial charge in [0.05, 0.1) is 0 Å². The van der Waals surface area contributed by atoms with E-state index >= 15 is 0 Å². The molecule has 24 heavy (non-hydrogen) atoms. The first-order valence-corrected chi connectivity index (χ1v) is 9.49. The second-order valence-corrected chi connectivity index (χ2v) is 8.12. The average Bonchev–Trinajstić information content (AvgIpc) is 3.17. The summed E-state index contributed by atoms with van der Waals surface area (Å²) < 4.78 is 1.86. The fourth-order valence-electron chi connectivity index (χ4n) is 3.70. The largest absolute Gasteiger partial charge is 0.336 e. The number of rotatable bonds is 2. The van der Waals surface area contributed by atoms with Crippen LogP contribution in [0.4, 0.5) is 0 Å². The van der Waals surface area contributed by atoms with Crippen molar-refractivity contribution in [3.63, 3.8) is 0 Å². The van der Waals surface area contributed by atoms with E-state index in [0.717, 1.165) is 18.8 Å². The summed E-state index contributed by atoms with van der Waals surface area (Å²) in [5.74, 6) is 1.76. The molecule has 1 aliphatic heterocycles. The van der Waals surface area contributed by atoms with Crippen molar-refractivity contribution in [2.24, 2.45) is 0 Å². The minimum absolute atomic E-state index is 0.101. The van der Waals surface area contributed by atoms with Crippen LogP contribution in [0, 0.1) is 0 Å². The number of pyridine rings is 1. The van der Waals surface area contributed by atoms with Crippen LogP contribution >= 0.6 is 11.8 Å². The molecule has 3 heterocycles. The first-order valence-electron chi connectivity index (χ1n) is 8.50. The predicted octanol–water partition coefficient (Wildman–Crippen LogP) is 2.55. The third-order valence-electron chi connectivity index (χ3n) is 4.95. The number of hydrogen-bond acceptors (Lipinski definition) is 5. The highest BCUT2D eigenvalue weighted by Gasteiger charge is 2.38. The predicted molar refractivity (Wildman–Crippen MR) is 93.3 cm³/mol. The van der Waals surface area contributed by atoms with E-state index in [1.165, 1.54) is 38.4 Å². The second kappa shape index (κ2) is 6.55. The first kappa shape index (κ1) is 15.6. The molecule has 2 fully saturated rings. The molecular weight excluding hydrogens is 322 g/mol. The molecule has 2 aromatic rings. The molecule has 4 rings (SSSR count). The van der Waals surface area contributed by atoms with Gasteiger partial charge in [-0.25, -0.2) is 14.6 Å². The van der Waals surface area contributed by atoms with Crippen molar-refractivity contribution in [3.05, 3.63) is 36.5 Å². The van der Waals surface area contributed by atoms with Crippen LogP contribution in [0.15, 0.2) is 31.0 Å². The summed E-state index contributed by atoms with van der Waals surface area (Å²) in [6, 6.07) is 3.59. The maximum atomic E-state index is 13.0. The van der Waals surface area contributed by atoms with E-state index in [1.54, 1.807) is 29.3 Å². The SMILES string of the molecule is O=C(c1ccnc(-n2cncn2)c1)N1CCSC2(CCCCC2)C1. The van der Waals surface area contributed by atoms with E-state index in [4.69, 9.17) is 0 Å². The third-order valence-corrected chi connectivity index (χ3v) is 6.48. The van der Waals surface area contributed by atoms with Crippen molar-refractivity contribution < 1.29 is 4.79 Å². The summed E-state index contributed by atoms with van der Waals surface area (Å²) in [5, 5.41) is 4.08. The lowest BCUT2D eigenvalue weighted by atomic mass is 9.87. The summed E-state index contributed by atoms with van der Waals surface area (Å²) in [5.41, 5.74) is 0.674. The van der Waals surface area contributed by atoms with Gasteiger partial charge in [0, 0.05) is 35.3 Å². The summed E-state index contributed by atoms with van der Waals surface area (Å²) in [4.78, 5) is 23.2. The molecule has 1 spiro atoms. The van der Waals surface area contributed by atoms with Gasteiger partial charge in [0.25, 0.3) is 5.91 Å². The highest BCUT2D eigenvalue weighted by molar-refractivity contribution is 8.00. The highest BCUT2D eigenvalue weighted by Crippen LogP contribution is 2.42. The minimum Gasteiger partial charge on any atom is -0.336 e. The van der Waals surface area contributed by atoms with Gasteiger partial charge in [0.1, 0.15) is 12.7 Å². The van der Waals surface area contributed by atoms with Crippen molar-refractivity contribution in [1.29, 1.82) is 0 Å². The Labute approximate surface area is 145 Å². The molecule has 1 saturated carbocycles. The van der Waals surface area contributed by atoms with Gasteiger partial charge in [-0.2, -0.15) is 16.9 Å². The molecule has 6 nitrogen and oxygen atoms in total. The van der Waals surface area contributed by atoms with Crippen LogP contribution in [0.3, 0.4) is 0 Å². The van der Waals surface area contributed by atoms with E-state index in [-0.39, 0.29) is 10.7 Å². The number of amides is 1. The van der Waals surface area contributed by atoms with Crippen LogP contribution in [0.1, 0.15) is 42.5 Å². The molecule has 2 aliphatic rings. The summed E-state index contributed by atoms with van der Waals surface area (Å²) in [6.07, 6.45) is 11.1. The lowest BCUT2D eigenvalue weighted by Gasteiger charge is -2.44. The number of carbonyl (C=O) groups excluding carboxylic acids is 1. The molecular formula is C17H21N5OS. The maximum absolute atomic E-state index is 13.0. The first-order chi connectivity index (χ1) is 11.8. The van der Waals surface area contributed by atoms with Crippen LogP contribution in [0.2, 0.25) is 0 Å². The molecule has 2 aromatic heterocycles. The average molecular weight is 343 g/mol. The standard InChI is InChI=1S/C17H21N5OS/c23-16(14-4-7-19-15(10-14)22-13-18-12-20-22)21-8-9-24-17(11-21)5-2-1-3-6-17/h4,7,10,12-13H,1-3,5-6,8-9,11H2. The molecule has 1 saturated heterocycles. The van der Waals surface area contributed by atoms with E-state index < -0.39 is 0 Å². The number of carbonyl (C=O) groups is 1. The molecule has 0 atom stereocenters. The Balaban J connectivity index is 1.54. The van der Waals surface area contributed by atoms with Crippen LogP contribution in [0.5, 0.6) is 0 Å². The number of aromatic nitrogens is 4. The van der Waals surface area contributed by atoms with Crippen molar-refractivity contribution >= 4 is 17.7 Å². The molecule has 7 heteroatoms. The fraction of sp³-hybridized carbons (Fsp3) is 0.529. The minimum atomic E-state index is 0.101. The molecule has 0 bridgehead atoms. The van der Waals surface area contributed by atoms with Crippen LogP contribution in [-0.2, 0) is 0 Å². The van der Waals surface area contributed by atoms with E-state index in [1.807, 2.05) is 4.90 Å². The van der Waals surface area contributed by atoms with Gasteiger partial charge in [-0.05, 0) is 25.0 Å². The highest BCUT2D eigenvalue weighted by atomic mass is 32.2. The fourth-order valence-corrected chi connectivity index (χ4v) is 5.27. The summed E-state index contributed by atoms with van der Waals surface area (Å²) in [7, 11) is 0. The zero-order chi connectivity index (χ0) is 16.4. The van der Waals surface area contributed by atoms with Gasteiger partial charge in [-0.15, -0.1) is 0 Å². The van der Waals surface area contributed by atoms with Gasteiger partial charge in [-0.1, -0.05) is 19.3 Å². The topological polar surface area (TPSA) is 63.9 Å². The van der Waals surface area contributed by atoms with E-state index in [2.05, 4.69) is 26.8 Å². The molecule has 1 aliphatic carbocycles. The van der Waals surface area contributed by atoms with Gasteiger partial charge >= 0.3 is 0 Å². The van der Waals surface area contributed by atoms with Crippen molar-refractivity contribution in [3.8, 4) is 5.82 Å². The Kier molecular flexibility index (Phi) is 4.26. The second-order valence-electron chi connectivity index (χ2n) is 6.56. The smallest absolute Gasteiger partial charge is 0.254 e. The van der Waals surface area contributed by atoms with Crippen LogP contribution < -0.4 is 0 Å². The van der Waals surface area contributed by atoms with Gasteiger partial charge in [0.2, 0.25) is 0 Å². The van der Waals surface area contributed by atoms with Gasteiger partial charge < -0.3 is 4.90 Å². The summed E-state index contributed by atoms with van der Waals surface area (Å²) in [6.45, 7) is 1.70. The molecule has 1 amide bonds. The molecule has 0 unspecified atom stereocenters. The van der Waals surface area contributed by atoms with Gasteiger partial charge in [-0.3, -0.25) is 4.79 Å².